The number of hydrogen-bond donors (Lipinski definition) is 2. The topological polar surface area (TPSA) is 142 Å². The first-order chi connectivity index (χ1) is 17.7. The van der Waals surface area contributed by atoms with Gasteiger partial charge in [0, 0.05) is 44.5 Å². The molecule has 1 aliphatic carbocycles. The Morgan fingerprint density at radius 1 is 1.16 bits per heavy atom. The third-order valence-electron chi connectivity index (χ3n) is 6.38. The van der Waals surface area contributed by atoms with Crippen molar-refractivity contribution in [1.29, 1.82) is 0 Å². The minimum Gasteiger partial charge on any atom is -0.395 e. The Balaban J connectivity index is 1.46. The maximum absolute atomic E-state index is 13.2. The molecule has 1 aromatic heterocycles. The van der Waals surface area contributed by atoms with Gasteiger partial charge in [0.15, 0.2) is 20.7 Å². The lowest BCUT2D eigenvalue weighted by molar-refractivity contribution is -0.110. The number of nitrogens with zero attached hydrogens (tertiary/aromatic N) is 4. The first-order valence-corrected chi connectivity index (χ1v) is 14.9. The maximum Gasteiger partial charge on any atom is 0.280 e. The van der Waals surface area contributed by atoms with E-state index in [1.807, 2.05) is 0 Å². The van der Waals surface area contributed by atoms with Gasteiger partial charge in [0.25, 0.3) is 11.8 Å². The van der Waals surface area contributed by atoms with Crippen molar-refractivity contribution in [3.05, 3.63) is 40.9 Å². The van der Waals surface area contributed by atoms with Crippen LogP contribution < -0.4 is 5.32 Å². The van der Waals surface area contributed by atoms with Crippen LogP contribution in [0.15, 0.2) is 40.5 Å². The van der Waals surface area contributed by atoms with Gasteiger partial charge >= 0.3 is 0 Å². The summed E-state index contributed by atoms with van der Waals surface area (Å²) in [5.74, 6) is -0.729. The molecule has 1 aromatic carbocycles. The maximum atomic E-state index is 13.2. The van der Waals surface area contributed by atoms with Gasteiger partial charge in [-0.3, -0.25) is 19.8 Å². The number of rotatable bonds is 9. The second kappa shape index (κ2) is 12.1. The molecule has 2 aromatic rings. The number of nitrogens with one attached hydrogen (secondary N) is 1. The van der Waals surface area contributed by atoms with Crippen molar-refractivity contribution < 1.29 is 28.0 Å². The summed E-state index contributed by atoms with van der Waals surface area (Å²) in [6.07, 6.45) is 6.28. The Morgan fingerprint density at radius 2 is 1.84 bits per heavy atom. The van der Waals surface area contributed by atoms with Crippen molar-refractivity contribution in [3.8, 4) is 0 Å². The van der Waals surface area contributed by atoms with Crippen molar-refractivity contribution in [2.45, 2.75) is 36.7 Å². The van der Waals surface area contributed by atoms with Gasteiger partial charge in [-0.05, 0) is 37.8 Å². The molecule has 2 N–H and O–H groups in total. The summed E-state index contributed by atoms with van der Waals surface area (Å²) in [4.78, 5) is 40.3. The minimum atomic E-state index is -3.39. The van der Waals surface area contributed by atoms with Gasteiger partial charge < -0.3 is 14.8 Å². The third kappa shape index (κ3) is 7.12. The van der Waals surface area contributed by atoms with E-state index < -0.39 is 15.7 Å². The lowest BCUT2D eigenvalue weighted by Crippen LogP contribution is -2.49. The summed E-state index contributed by atoms with van der Waals surface area (Å²) in [6.45, 7) is 3.16. The second-order valence-corrected chi connectivity index (χ2v) is 12.1. The number of carbonyl (C=O) groups is 2. The van der Waals surface area contributed by atoms with Crippen LogP contribution in [0.4, 0.5) is 5.13 Å². The third-order valence-corrected chi connectivity index (χ3v) is 8.41. The summed E-state index contributed by atoms with van der Waals surface area (Å²) < 4.78 is 23.6. The number of carbonyl (C=O) groups excluding carboxylic acids is 2. The molecule has 37 heavy (non-hydrogen) atoms. The number of anilines is 1. The molecule has 0 radical (unpaired) electrons. The van der Waals surface area contributed by atoms with E-state index in [9.17, 15) is 18.0 Å². The number of benzene rings is 1. The van der Waals surface area contributed by atoms with E-state index in [0.717, 1.165) is 43.3 Å². The quantitative estimate of drug-likeness (QED) is 0.355. The summed E-state index contributed by atoms with van der Waals surface area (Å²) in [7, 11) is -3.39. The summed E-state index contributed by atoms with van der Waals surface area (Å²) in [6, 6.07) is 5.87. The standard InChI is InChI=1S/C24H31N5O6S2/c1-37(33,34)19-8-6-17(7-9-19)21(27-35-18-4-2-3-5-18)22(31)26-24-25-16-20(36-24)23(32)29-12-10-28(11-13-29)14-15-30/h6-9,16,18,30H,2-5,10-15H2,1H3,(H,25,26,31). The number of amides is 2. The Bertz CT molecular complexity index is 1230. The van der Waals surface area contributed by atoms with Gasteiger partial charge in [-0.2, -0.15) is 0 Å². The summed E-state index contributed by atoms with van der Waals surface area (Å²) in [5.41, 5.74) is 0.395. The average molecular weight is 550 g/mol. The van der Waals surface area contributed by atoms with Gasteiger partial charge in [0.2, 0.25) is 0 Å². The number of β-amino-alcohol motifs (C(OH)–C–C–N with tert-alkyl or cyclic N) is 1. The SMILES string of the molecule is CS(=O)(=O)c1ccc(C(=NOC2CCCC2)C(=O)Nc2ncc(C(=O)N3CCN(CCO)CC3)s2)cc1. The van der Waals surface area contributed by atoms with Gasteiger partial charge in [0.05, 0.1) is 17.7 Å². The van der Waals surface area contributed by atoms with Crippen LogP contribution in [0.25, 0.3) is 0 Å². The number of piperazine rings is 1. The van der Waals surface area contributed by atoms with Crippen LogP contribution in [-0.2, 0) is 19.5 Å². The lowest BCUT2D eigenvalue weighted by atomic mass is 10.1. The Labute approximate surface area is 220 Å². The number of aliphatic hydroxyl groups excluding tert-OH is 1. The molecule has 2 heterocycles. The molecule has 13 heteroatoms. The van der Waals surface area contributed by atoms with E-state index in [1.165, 1.54) is 30.5 Å². The zero-order chi connectivity index (χ0) is 26.4. The predicted octanol–water partition coefficient (Wildman–Crippen LogP) is 1.60. The van der Waals surface area contributed by atoms with E-state index in [-0.39, 0.29) is 34.4 Å². The molecule has 1 saturated heterocycles. The number of sulfone groups is 1. The molecule has 11 nitrogen and oxygen atoms in total. The average Bonchev–Trinajstić information content (AvgIpc) is 3.57. The van der Waals surface area contributed by atoms with Crippen LogP contribution in [-0.4, -0.2) is 97.5 Å². The van der Waals surface area contributed by atoms with Crippen molar-refractivity contribution in [2.75, 3.05) is 50.9 Å². The predicted molar refractivity (Wildman–Crippen MR) is 140 cm³/mol. The fourth-order valence-corrected chi connectivity index (χ4v) is 5.67. The fourth-order valence-electron chi connectivity index (χ4n) is 4.27. The molecule has 200 valence electrons. The molecule has 1 aliphatic heterocycles. The van der Waals surface area contributed by atoms with E-state index in [1.54, 1.807) is 4.90 Å². The van der Waals surface area contributed by atoms with Crippen LogP contribution in [0.2, 0.25) is 0 Å². The highest BCUT2D eigenvalue weighted by Crippen LogP contribution is 2.23. The minimum absolute atomic E-state index is 0.00460. The molecule has 0 unspecified atom stereocenters. The van der Waals surface area contributed by atoms with Gasteiger partial charge in [-0.1, -0.05) is 28.6 Å². The van der Waals surface area contributed by atoms with Crippen molar-refractivity contribution in [3.63, 3.8) is 0 Å². The van der Waals surface area contributed by atoms with Crippen molar-refractivity contribution in [1.82, 2.24) is 14.8 Å². The highest BCUT2D eigenvalue weighted by molar-refractivity contribution is 7.90. The van der Waals surface area contributed by atoms with Crippen molar-refractivity contribution >= 4 is 43.8 Å². The second-order valence-electron chi connectivity index (χ2n) is 9.09. The van der Waals surface area contributed by atoms with Crippen molar-refractivity contribution in [2.24, 2.45) is 5.16 Å². The van der Waals surface area contributed by atoms with E-state index in [4.69, 9.17) is 9.94 Å². The molecule has 0 spiro atoms. The van der Waals surface area contributed by atoms with Crippen LogP contribution in [0.5, 0.6) is 0 Å². The zero-order valence-corrected chi connectivity index (χ0v) is 22.3. The first-order valence-electron chi connectivity index (χ1n) is 12.2. The fraction of sp³-hybridized carbons (Fsp3) is 0.500. The molecular formula is C24H31N5O6S2. The first kappa shape index (κ1) is 27.2. The molecule has 0 bridgehead atoms. The van der Waals surface area contributed by atoms with Crippen LogP contribution in [0, 0.1) is 0 Å². The molecule has 2 aliphatic rings. The molecule has 4 rings (SSSR count). The number of hydrogen-bond acceptors (Lipinski definition) is 10. The van der Waals surface area contributed by atoms with E-state index in [0.29, 0.717) is 43.2 Å². The van der Waals surface area contributed by atoms with Gasteiger partial charge in [0.1, 0.15) is 11.0 Å². The largest absolute Gasteiger partial charge is 0.395 e. The number of thiazole rings is 1. The number of aromatic nitrogens is 1. The molecule has 1 saturated carbocycles. The monoisotopic (exact) mass is 549 g/mol. The normalized spacial score (nSPS) is 17.7. The lowest BCUT2D eigenvalue weighted by Gasteiger charge is -2.34. The molecule has 2 fully saturated rings. The molecular weight excluding hydrogens is 518 g/mol. The smallest absolute Gasteiger partial charge is 0.280 e. The Kier molecular flexibility index (Phi) is 8.90. The Morgan fingerprint density at radius 3 is 2.46 bits per heavy atom. The van der Waals surface area contributed by atoms with Gasteiger partial charge in [-0.25, -0.2) is 13.4 Å². The Hall–Kier alpha value is -2.87. The van der Waals surface area contributed by atoms with E-state index in [2.05, 4.69) is 20.4 Å². The zero-order valence-electron chi connectivity index (χ0n) is 20.6. The van der Waals surface area contributed by atoms with Gasteiger partial charge in [-0.15, -0.1) is 0 Å². The van der Waals surface area contributed by atoms with Crippen LogP contribution in [0.3, 0.4) is 0 Å². The van der Waals surface area contributed by atoms with Crippen LogP contribution in [0.1, 0.15) is 40.9 Å². The molecule has 0 atom stereocenters. The summed E-state index contributed by atoms with van der Waals surface area (Å²) >= 11 is 1.07. The number of oxime groups is 1. The summed E-state index contributed by atoms with van der Waals surface area (Å²) in [5, 5.41) is 16.2. The van der Waals surface area contributed by atoms with E-state index >= 15 is 0 Å². The number of aliphatic hydroxyl groups is 1. The highest BCUT2D eigenvalue weighted by Gasteiger charge is 2.25. The van der Waals surface area contributed by atoms with Crippen LogP contribution >= 0.6 is 11.3 Å². The highest BCUT2D eigenvalue weighted by atomic mass is 32.2. The molecule has 2 amide bonds.